The first kappa shape index (κ1) is 8.77. The molecule has 1 heterocycles. The zero-order valence-electron chi connectivity index (χ0n) is 7.40. The van der Waals surface area contributed by atoms with Gasteiger partial charge in [0.2, 0.25) is 0 Å². The van der Waals surface area contributed by atoms with Crippen molar-refractivity contribution in [2.75, 3.05) is 0 Å². The Bertz CT molecular complexity index is 336. The Balaban J connectivity index is 3.23. The Kier molecular flexibility index (Phi) is 1.92. The normalized spacial score (nSPS) is 11.6. The van der Waals surface area contributed by atoms with Crippen LogP contribution < -0.4 is 5.69 Å². The summed E-state index contributed by atoms with van der Waals surface area (Å²) in [6.45, 7) is 5.86. The quantitative estimate of drug-likeness (QED) is 0.582. The van der Waals surface area contributed by atoms with Gasteiger partial charge in [-0.15, -0.1) is 4.73 Å². The van der Waals surface area contributed by atoms with Crippen LogP contribution in [0.1, 0.15) is 26.5 Å². The smallest absolute Gasteiger partial charge is 0.380 e. The molecule has 4 nitrogen and oxygen atoms in total. The molecule has 12 heavy (non-hydrogen) atoms. The highest BCUT2D eigenvalue weighted by molar-refractivity contribution is 5.09. The zero-order chi connectivity index (χ0) is 9.35. The molecule has 0 spiro atoms. The van der Waals surface area contributed by atoms with Crippen molar-refractivity contribution in [2.24, 2.45) is 0 Å². The van der Waals surface area contributed by atoms with E-state index < -0.39 is 5.69 Å². The lowest BCUT2D eigenvalue weighted by atomic mass is 9.92. The van der Waals surface area contributed by atoms with Crippen molar-refractivity contribution in [1.82, 2.24) is 9.71 Å². The standard InChI is InChI=1S/C8H12N2O2/c1-8(2,3)6-4-5-10(12)7(11)9-6/h4-5,12H,1-3H3. The molecule has 0 atom stereocenters. The van der Waals surface area contributed by atoms with Crippen LogP contribution in [0.3, 0.4) is 0 Å². The fourth-order valence-electron chi connectivity index (χ4n) is 0.814. The maximum Gasteiger partial charge on any atom is 0.380 e. The Morgan fingerprint density at radius 3 is 2.50 bits per heavy atom. The van der Waals surface area contributed by atoms with E-state index in [0.717, 1.165) is 0 Å². The molecule has 0 radical (unpaired) electrons. The second-order valence-electron chi connectivity index (χ2n) is 3.69. The number of nitrogens with zero attached hydrogens (tertiary/aromatic N) is 2. The summed E-state index contributed by atoms with van der Waals surface area (Å²) >= 11 is 0. The molecule has 0 aliphatic heterocycles. The Labute approximate surface area is 70.5 Å². The summed E-state index contributed by atoms with van der Waals surface area (Å²) in [5.74, 6) is 0. The molecular weight excluding hydrogens is 156 g/mol. The molecule has 1 aromatic rings. The second kappa shape index (κ2) is 2.62. The SMILES string of the molecule is CC(C)(C)c1ccn(O)c(=O)n1. The lowest BCUT2D eigenvalue weighted by molar-refractivity contribution is 0.169. The summed E-state index contributed by atoms with van der Waals surface area (Å²) in [4.78, 5) is 14.6. The van der Waals surface area contributed by atoms with Crippen LogP contribution in [0.2, 0.25) is 0 Å². The third kappa shape index (κ3) is 1.64. The van der Waals surface area contributed by atoms with Gasteiger partial charge in [0.25, 0.3) is 0 Å². The van der Waals surface area contributed by atoms with Crippen molar-refractivity contribution in [2.45, 2.75) is 26.2 Å². The first-order valence-corrected chi connectivity index (χ1v) is 3.71. The highest BCUT2D eigenvalue weighted by atomic mass is 16.5. The number of hydrogen-bond donors (Lipinski definition) is 1. The molecular formula is C8H12N2O2. The highest BCUT2D eigenvalue weighted by Crippen LogP contribution is 2.17. The van der Waals surface area contributed by atoms with Crippen molar-refractivity contribution >= 4 is 0 Å². The maximum atomic E-state index is 10.9. The van der Waals surface area contributed by atoms with E-state index >= 15 is 0 Å². The van der Waals surface area contributed by atoms with Crippen molar-refractivity contribution in [1.29, 1.82) is 0 Å². The molecule has 1 rings (SSSR count). The van der Waals surface area contributed by atoms with Crippen molar-refractivity contribution < 1.29 is 5.21 Å². The van der Waals surface area contributed by atoms with Crippen LogP contribution in [0.15, 0.2) is 17.1 Å². The molecule has 0 unspecified atom stereocenters. The van der Waals surface area contributed by atoms with E-state index in [2.05, 4.69) is 4.98 Å². The monoisotopic (exact) mass is 168 g/mol. The van der Waals surface area contributed by atoms with Crippen LogP contribution in [-0.2, 0) is 5.41 Å². The fraction of sp³-hybridized carbons (Fsp3) is 0.500. The Hall–Kier alpha value is -1.32. The summed E-state index contributed by atoms with van der Waals surface area (Å²) < 4.78 is 0.467. The van der Waals surface area contributed by atoms with Crippen molar-refractivity contribution in [3.05, 3.63) is 28.4 Å². The summed E-state index contributed by atoms with van der Waals surface area (Å²) in [7, 11) is 0. The van der Waals surface area contributed by atoms with Gasteiger partial charge < -0.3 is 5.21 Å². The van der Waals surface area contributed by atoms with Crippen LogP contribution in [0.25, 0.3) is 0 Å². The molecule has 0 aliphatic rings. The maximum absolute atomic E-state index is 10.9. The van der Waals surface area contributed by atoms with Crippen LogP contribution in [0.5, 0.6) is 0 Å². The Morgan fingerprint density at radius 2 is 2.08 bits per heavy atom. The van der Waals surface area contributed by atoms with Gasteiger partial charge >= 0.3 is 5.69 Å². The fourth-order valence-corrected chi connectivity index (χ4v) is 0.814. The van der Waals surface area contributed by atoms with Gasteiger partial charge in [0, 0.05) is 5.41 Å². The zero-order valence-corrected chi connectivity index (χ0v) is 7.40. The van der Waals surface area contributed by atoms with Crippen molar-refractivity contribution in [3.8, 4) is 0 Å². The summed E-state index contributed by atoms with van der Waals surface area (Å²) in [6, 6.07) is 1.63. The van der Waals surface area contributed by atoms with E-state index in [1.54, 1.807) is 6.07 Å². The summed E-state index contributed by atoms with van der Waals surface area (Å²) in [6.07, 6.45) is 1.30. The number of rotatable bonds is 0. The first-order valence-electron chi connectivity index (χ1n) is 3.71. The molecule has 4 heteroatoms. The van der Waals surface area contributed by atoms with Gasteiger partial charge in [-0.1, -0.05) is 20.8 Å². The van der Waals surface area contributed by atoms with E-state index in [4.69, 9.17) is 5.21 Å². The minimum absolute atomic E-state index is 0.159. The van der Waals surface area contributed by atoms with E-state index in [1.807, 2.05) is 20.8 Å². The lowest BCUT2D eigenvalue weighted by Gasteiger charge is -2.16. The van der Waals surface area contributed by atoms with Gasteiger partial charge in [0.05, 0.1) is 11.9 Å². The van der Waals surface area contributed by atoms with Crippen LogP contribution >= 0.6 is 0 Å². The van der Waals surface area contributed by atoms with Crippen molar-refractivity contribution in [3.63, 3.8) is 0 Å². The predicted octanol–water partition coefficient (Wildman–Crippen LogP) is 0.778. The van der Waals surface area contributed by atoms with Gasteiger partial charge in [-0.3, -0.25) is 0 Å². The third-order valence-corrected chi connectivity index (χ3v) is 1.55. The summed E-state index contributed by atoms with van der Waals surface area (Å²) in [5.41, 5.74) is -0.117. The largest absolute Gasteiger partial charge is 0.424 e. The molecule has 0 saturated heterocycles. The second-order valence-corrected chi connectivity index (χ2v) is 3.69. The van der Waals surface area contributed by atoms with Gasteiger partial charge in [-0.2, -0.15) is 4.98 Å². The number of hydrogen-bond acceptors (Lipinski definition) is 3. The molecule has 0 fully saturated rings. The number of aromatic nitrogens is 2. The molecule has 0 amide bonds. The lowest BCUT2D eigenvalue weighted by Crippen LogP contribution is -2.25. The molecule has 1 N–H and O–H groups in total. The van der Waals surface area contributed by atoms with E-state index in [1.165, 1.54) is 6.20 Å². The minimum atomic E-state index is -0.637. The summed E-state index contributed by atoms with van der Waals surface area (Å²) in [5, 5.41) is 8.85. The average molecular weight is 168 g/mol. The van der Waals surface area contributed by atoms with Gasteiger partial charge in [0.1, 0.15) is 0 Å². The Morgan fingerprint density at radius 1 is 1.50 bits per heavy atom. The predicted molar refractivity (Wildman–Crippen MR) is 44.4 cm³/mol. The van der Waals surface area contributed by atoms with Gasteiger partial charge in [-0.25, -0.2) is 4.79 Å². The minimum Gasteiger partial charge on any atom is -0.424 e. The van der Waals surface area contributed by atoms with Crippen LogP contribution in [0, 0.1) is 0 Å². The van der Waals surface area contributed by atoms with E-state index in [9.17, 15) is 4.79 Å². The molecule has 0 aliphatic carbocycles. The average Bonchev–Trinajstić information content (AvgIpc) is 1.92. The molecule has 66 valence electrons. The third-order valence-electron chi connectivity index (χ3n) is 1.55. The molecule has 1 aromatic heterocycles. The molecule has 0 saturated carbocycles. The van der Waals surface area contributed by atoms with E-state index in [0.29, 0.717) is 10.4 Å². The highest BCUT2D eigenvalue weighted by Gasteiger charge is 2.15. The van der Waals surface area contributed by atoms with Gasteiger partial charge in [-0.05, 0) is 6.07 Å². The first-order chi connectivity index (χ1) is 5.41. The van der Waals surface area contributed by atoms with Gasteiger partial charge in [0.15, 0.2) is 0 Å². The van der Waals surface area contributed by atoms with Crippen LogP contribution in [0.4, 0.5) is 0 Å². The van der Waals surface area contributed by atoms with E-state index in [-0.39, 0.29) is 5.41 Å². The topological polar surface area (TPSA) is 55.1 Å². The molecule has 0 bridgehead atoms. The van der Waals surface area contributed by atoms with Crippen LogP contribution in [-0.4, -0.2) is 14.9 Å². The molecule has 0 aromatic carbocycles.